The molecule has 0 heterocycles. The van der Waals surface area contributed by atoms with Crippen LogP contribution in [0.2, 0.25) is 0 Å². The van der Waals surface area contributed by atoms with Crippen LogP contribution in [0.5, 0.6) is 0 Å². The molecule has 1 aromatic carbocycles. The fourth-order valence-corrected chi connectivity index (χ4v) is 1.45. The molecule has 0 fully saturated rings. The molecule has 12 heavy (non-hydrogen) atoms. The van der Waals surface area contributed by atoms with Crippen LogP contribution >= 0.6 is 22.6 Å². The summed E-state index contributed by atoms with van der Waals surface area (Å²) in [6.07, 6.45) is 0. The predicted molar refractivity (Wildman–Crippen MR) is 54.5 cm³/mol. The Balaban J connectivity index is 3.31. The number of nitrogens with zero attached hydrogens (tertiary/aromatic N) is 1. The quantitative estimate of drug-likeness (QED) is 0.795. The molecule has 0 saturated heterocycles. The molecule has 3 heteroatoms. The molecule has 0 unspecified atom stereocenters. The Kier molecular flexibility index (Phi) is 3.06. The van der Waals surface area contributed by atoms with Gasteiger partial charge in [-0.3, -0.25) is 0 Å². The molecule has 1 aromatic rings. The van der Waals surface area contributed by atoms with E-state index in [9.17, 15) is 0 Å². The Morgan fingerprint density at radius 2 is 2.25 bits per heavy atom. The lowest BCUT2D eigenvalue weighted by molar-refractivity contribution is 0.281. The van der Waals surface area contributed by atoms with Gasteiger partial charge in [0.15, 0.2) is 0 Å². The first-order valence-corrected chi connectivity index (χ1v) is 4.57. The molecule has 0 spiro atoms. The van der Waals surface area contributed by atoms with Crippen molar-refractivity contribution in [2.45, 2.75) is 13.5 Å². The monoisotopic (exact) mass is 273 g/mol. The highest BCUT2D eigenvalue weighted by Crippen LogP contribution is 2.18. The van der Waals surface area contributed by atoms with Crippen molar-refractivity contribution in [3.05, 3.63) is 32.4 Å². The molecule has 0 radical (unpaired) electrons. The summed E-state index contributed by atoms with van der Waals surface area (Å²) >= 11 is 2.13. The molecule has 0 amide bonds. The average molecular weight is 273 g/mol. The molecule has 2 nitrogen and oxygen atoms in total. The first-order valence-electron chi connectivity index (χ1n) is 3.49. The number of aliphatic hydroxyl groups is 1. The standard InChI is InChI=1S/C9H8INO/c1-6-2-7(5-12)3-8(4-11)9(6)10/h2-3,12H,5H2,1H3. The molecule has 0 saturated carbocycles. The summed E-state index contributed by atoms with van der Waals surface area (Å²) in [7, 11) is 0. The summed E-state index contributed by atoms with van der Waals surface area (Å²) in [5.74, 6) is 0. The molecular weight excluding hydrogens is 265 g/mol. The van der Waals surface area contributed by atoms with Gasteiger partial charge < -0.3 is 5.11 Å². The van der Waals surface area contributed by atoms with Gasteiger partial charge in [0, 0.05) is 3.57 Å². The van der Waals surface area contributed by atoms with Gasteiger partial charge >= 0.3 is 0 Å². The van der Waals surface area contributed by atoms with E-state index in [1.54, 1.807) is 6.07 Å². The van der Waals surface area contributed by atoms with E-state index in [1.165, 1.54) is 0 Å². The van der Waals surface area contributed by atoms with E-state index in [-0.39, 0.29) is 6.61 Å². The zero-order valence-electron chi connectivity index (χ0n) is 6.63. The lowest BCUT2D eigenvalue weighted by atomic mass is 10.1. The summed E-state index contributed by atoms with van der Waals surface area (Å²) < 4.78 is 0.965. The van der Waals surface area contributed by atoms with Crippen molar-refractivity contribution < 1.29 is 5.11 Å². The minimum atomic E-state index is -0.00750. The average Bonchev–Trinajstić information content (AvgIpc) is 2.09. The van der Waals surface area contributed by atoms with E-state index in [0.717, 1.165) is 14.7 Å². The Labute approximate surface area is 85.0 Å². The zero-order valence-corrected chi connectivity index (χ0v) is 8.79. The van der Waals surface area contributed by atoms with Gasteiger partial charge in [-0.15, -0.1) is 0 Å². The van der Waals surface area contributed by atoms with Gasteiger partial charge in [0.25, 0.3) is 0 Å². The van der Waals surface area contributed by atoms with Gasteiger partial charge in [-0.1, -0.05) is 6.07 Å². The molecule has 0 atom stereocenters. The summed E-state index contributed by atoms with van der Waals surface area (Å²) in [6.45, 7) is 1.92. The Bertz CT molecular complexity index is 341. The lowest BCUT2D eigenvalue weighted by Gasteiger charge is -2.03. The van der Waals surface area contributed by atoms with Gasteiger partial charge in [0.1, 0.15) is 6.07 Å². The number of hydrogen-bond acceptors (Lipinski definition) is 2. The number of aryl methyl sites for hydroxylation is 1. The van der Waals surface area contributed by atoms with Crippen LogP contribution in [0.15, 0.2) is 12.1 Å². The molecule has 62 valence electrons. The van der Waals surface area contributed by atoms with Gasteiger partial charge in [-0.25, -0.2) is 0 Å². The highest BCUT2D eigenvalue weighted by molar-refractivity contribution is 14.1. The first-order chi connectivity index (χ1) is 5.69. The predicted octanol–water partition coefficient (Wildman–Crippen LogP) is 1.96. The van der Waals surface area contributed by atoms with Crippen molar-refractivity contribution in [1.29, 1.82) is 5.26 Å². The van der Waals surface area contributed by atoms with Crippen LogP contribution in [0.1, 0.15) is 16.7 Å². The molecule has 0 aliphatic heterocycles. The van der Waals surface area contributed by atoms with Crippen LogP contribution < -0.4 is 0 Å². The van der Waals surface area contributed by atoms with Crippen molar-refractivity contribution in [2.75, 3.05) is 0 Å². The third kappa shape index (κ3) is 1.76. The highest BCUT2D eigenvalue weighted by Gasteiger charge is 2.03. The maximum absolute atomic E-state index is 8.86. The molecule has 0 bridgehead atoms. The van der Waals surface area contributed by atoms with Crippen molar-refractivity contribution in [2.24, 2.45) is 0 Å². The van der Waals surface area contributed by atoms with Crippen molar-refractivity contribution >= 4 is 22.6 Å². The lowest BCUT2D eigenvalue weighted by Crippen LogP contribution is -1.92. The van der Waals surface area contributed by atoms with E-state index in [0.29, 0.717) is 5.56 Å². The normalized spacial score (nSPS) is 9.50. The second kappa shape index (κ2) is 3.87. The maximum Gasteiger partial charge on any atom is 0.100 e. The number of nitriles is 1. The van der Waals surface area contributed by atoms with Gasteiger partial charge in [-0.2, -0.15) is 5.26 Å². The fraction of sp³-hybridized carbons (Fsp3) is 0.222. The van der Waals surface area contributed by atoms with E-state index >= 15 is 0 Å². The third-order valence-corrected chi connectivity index (χ3v) is 3.05. The van der Waals surface area contributed by atoms with E-state index in [1.807, 2.05) is 13.0 Å². The van der Waals surface area contributed by atoms with Crippen LogP contribution in [-0.4, -0.2) is 5.11 Å². The highest BCUT2D eigenvalue weighted by atomic mass is 127. The summed E-state index contributed by atoms with van der Waals surface area (Å²) in [4.78, 5) is 0. The molecule has 0 aromatic heterocycles. The van der Waals surface area contributed by atoms with Crippen LogP contribution in [0.4, 0.5) is 0 Å². The van der Waals surface area contributed by atoms with Gasteiger partial charge in [0.05, 0.1) is 12.2 Å². The molecule has 1 rings (SSSR count). The third-order valence-electron chi connectivity index (χ3n) is 1.62. The number of halogens is 1. The summed E-state index contributed by atoms with van der Waals surface area (Å²) in [5.41, 5.74) is 2.47. The van der Waals surface area contributed by atoms with E-state index in [4.69, 9.17) is 10.4 Å². The minimum Gasteiger partial charge on any atom is -0.392 e. The van der Waals surface area contributed by atoms with Crippen molar-refractivity contribution in [3.63, 3.8) is 0 Å². The Hall–Kier alpha value is -0.600. The zero-order chi connectivity index (χ0) is 9.14. The van der Waals surface area contributed by atoms with Crippen LogP contribution in [-0.2, 0) is 6.61 Å². The fourth-order valence-electron chi connectivity index (χ4n) is 1.02. The molecular formula is C9H8INO. The summed E-state index contributed by atoms with van der Waals surface area (Å²) in [6, 6.07) is 5.70. The van der Waals surface area contributed by atoms with Crippen LogP contribution in [0.3, 0.4) is 0 Å². The number of benzene rings is 1. The second-order valence-electron chi connectivity index (χ2n) is 2.54. The maximum atomic E-state index is 8.86. The second-order valence-corrected chi connectivity index (χ2v) is 3.62. The van der Waals surface area contributed by atoms with Gasteiger partial charge in [-0.05, 0) is 46.7 Å². The molecule has 0 aliphatic rings. The van der Waals surface area contributed by atoms with Crippen molar-refractivity contribution in [1.82, 2.24) is 0 Å². The number of rotatable bonds is 1. The molecule has 0 aliphatic carbocycles. The topological polar surface area (TPSA) is 44.0 Å². The van der Waals surface area contributed by atoms with Crippen LogP contribution in [0, 0.1) is 21.8 Å². The first kappa shape index (κ1) is 9.49. The van der Waals surface area contributed by atoms with Crippen molar-refractivity contribution in [3.8, 4) is 6.07 Å². The van der Waals surface area contributed by atoms with Gasteiger partial charge in [0.2, 0.25) is 0 Å². The number of aliphatic hydroxyl groups excluding tert-OH is 1. The minimum absolute atomic E-state index is 0.00750. The van der Waals surface area contributed by atoms with E-state index in [2.05, 4.69) is 28.7 Å². The van der Waals surface area contributed by atoms with E-state index < -0.39 is 0 Å². The Morgan fingerprint density at radius 3 is 2.75 bits per heavy atom. The smallest absolute Gasteiger partial charge is 0.100 e. The van der Waals surface area contributed by atoms with Crippen LogP contribution in [0.25, 0.3) is 0 Å². The SMILES string of the molecule is Cc1cc(CO)cc(C#N)c1I. The largest absolute Gasteiger partial charge is 0.392 e. The summed E-state index contributed by atoms with van der Waals surface area (Å²) in [5, 5.41) is 17.6. The number of hydrogen-bond donors (Lipinski definition) is 1. The Morgan fingerprint density at radius 1 is 1.58 bits per heavy atom. The molecule has 1 N–H and O–H groups in total.